The molecule has 4 N–H and O–H groups in total. The predicted octanol–water partition coefficient (Wildman–Crippen LogP) is 1.51. The Morgan fingerprint density at radius 1 is 1.06 bits per heavy atom. The molecule has 0 aromatic rings. The van der Waals surface area contributed by atoms with Gasteiger partial charge >= 0.3 is 0 Å². The van der Waals surface area contributed by atoms with Crippen LogP contribution < -0.4 is 0 Å². The average Bonchev–Trinajstić information content (AvgIpc) is 2.74. The fraction of sp³-hybridized carbons (Fsp3) is 0.875. The molecule has 1 saturated heterocycles. The summed E-state index contributed by atoms with van der Waals surface area (Å²) in [6, 6.07) is 0. The smallest absolute Gasteiger partial charge is 0.174 e. The minimum Gasteiger partial charge on any atom is -0.389 e. The minimum atomic E-state index is -1.52. The maximum absolute atomic E-state index is 14.1. The Hall–Kier alpha value is 2.40. The number of thiol groups is 1. The van der Waals surface area contributed by atoms with E-state index in [-0.39, 0.29) is 101 Å². The van der Waals surface area contributed by atoms with Crippen molar-refractivity contribution in [1.29, 1.82) is 0 Å². The number of aliphatic hydroxyl groups excluding tert-OH is 2. The summed E-state index contributed by atoms with van der Waals surface area (Å²) in [5.74, 6) is -1.06. The Kier molecular flexibility index (Phi) is 11.3. The normalized spacial score (nSPS) is 48.9. The van der Waals surface area contributed by atoms with E-state index in [1.165, 1.54) is 7.11 Å². The first-order chi connectivity index (χ1) is 14.7. The molecule has 2 bridgehead atoms. The van der Waals surface area contributed by atoms with Gasteiger partial charge in [0, 0.05) is 119 Å². The van der Waals surface area contributed by atoms with E-state index >= 15 is 0 Å². The third-order valence-corrected chi connectivity index (χ3v) is 10.2. The van der Waals surface area contributed by atoms with Crippen LogP contribution in [-0.2, 0) is 14.3 Å². The number of ketones is 1. The second kappa shape index (κ2) is 11.1. The standard InChI is InChI=1S/C23H36O7.CH4S.2Ac/c1-11-13(24)9-22(27)12(2)21(6)20(5,18(26)17(25)16(11)19(22,3)4)14(29-7)8-15-23(21,28)10-30-15;1-2;;/h12-15,17,24-25,27-28H,8-10H2,1-7H3;2H,1H3;;/t12-,13?,14?,15?,17?,20-,21?,22?,23-;;;/m0.../s1. The zero-order chi connectivity index (χ0) is 24.7. The van der Waals surface area contributed by atoms with Crippen LogP contribution in [0.15, 0.2) is 11.1 Å². The molecule has 9 atom stereocenters. The summed E-state index contributed by atoms with van der Waals surface area (Å²) in [6.07, 6.45) is -1.55. The quantitative estimate of drug-likeness (QED) is 0.200. The Labute approximate surface area is 280 Å². The van der Waals surface area contributed by atoms with Gasteiger partial charge in [-0.3, -0.25) is 4.79 Å². The van der Waals surface area contributed by atoms with Crippen LogP contribution >= 0.6 is 12.6 Å². The van der Waals surface area contributed by atoms with Crippen molar-refractivity contribution < 1.29 is 123 Å². The predicted molar refractivity (Wildman–Crippen MR) is 123 cm³/mol. The molecule has 1 aliphatic heterocycles. The molecule has 6 unspecified atom stereocenters. The topological polar surface area (TPSA) is 116 Å². The van der Waals surface area contributed by atoms with Crippen molar-refractivity contribution >= 4 is 18.4 Å². The van der Waals surface area contributed by atoms with Crippen LogP contribution in [0.2, 0.25) is 0 Å². The molecule has 0 aromatic carbocycles. The fourth-order valence-corrected chi connectivity index (χ4v) is 7.67. The van der Waals surface area contributed by atoms with Crippen LogP contribution in [-0.4, -0.2) is 81.8 Å². The number of hydrogen-bond acceptors (Lipinski definition) is 8. The van der Waals surface area contributed by atoms with Gasteiger partial charge in [-0.1, -0.05) is 27.7 Å². The first kappa shape index (κ1) is 34.4. The van der Waals surface area contributed by atoms with Crippen molar-refractivity contribution in [2.24, 2.45) is 22.2 Å². The van der Waals surface area contributed by atoms with Gasteiger partial charge in [0.1, 0.15) is 11.7 Å². The Morgan fingerprint density at radius 3 is 2.03 bits per heavy atom. The van der Waals surface area contributed by atoms with E-state index in [4.69, 9.17) is 9.47 Å². The molecule has 0 aromatic heterocycles. The summed E-state index contributed by atoms with van der Waals surface area (Å²) in [5.41, 5.74) is -5.40. The summed E-state index contributed by atoms with van der Waals surface area (Å²) in [4.78, 5) is 14.1. The molecule has 4 rings (SSSR count). The van der Waals surface area contributed by atoms with Gasteiger partial charge in [-0.2, -0.15) is 12.6 Å². The van der Waals surface area contributed by atoms with E-state index in [0.717, 1.165) is 0 Å². The molecule has 2 radical (unpaired) electrons. The second-order valence-corrected chi connectivity index (χ2v) is 10.9. The number of aliphatic hydroxyl groups is 4. The van der Waals surface area contributed by atoms with Gasteiger partial charge in [0.05, 0.1) is 35.9 Å². The van der Waals surface area contributed by atoms with Crippen molar-refractivity contribution in [3.8, 4) is 0 Å². The van der Waals surface area contributed by atoms with Crippen LogP contribution in [0.25, 0.3) is 0 Å². The number of hydrogen-bond donors (Lipinski definition) is 5. The molecule has 3 aliphatic carbocycles. The van der Waals surface area contributed by atoms with Crippen LogP contribution in [0.4, 0.5) is 0 Å². The van der Waals surface area contributed by atoms with E-state index in [1.807, 2.05) is 27.7 Å². The van der Waals surface area contributed by atoms with E-state index in [0.29, 0.717) is 17.6 Å². The first-order valence-electron chi connectivity index (χ1n) is 11.3. The monoisotopic (exact) mass is 926 g/mol. The third kappa shape index (κ3) is 3.96. The molecular formula is C24H40Ac2O7S. The number of fused-ring (bicyclic) bond motifs is 5. The third-order valence-electron chi connectivity index (χ3n) is 10.2. The van der Waals surface area contributed by atoms with Gasteiger partial charge < -0.3 is 29.9 Å². The van der Waals surface area contributed by atoms with Gasteiger partial charge in [-0.05, 0) is 37.2 Å². The molecule has 2 saturated carbocycles. The molecule has 7 nitrogen and oxygen atoms in total. The SMILES string of the molecule is COC1CC2OC[C@@]2(O)C2(C)[C@H](C)C3(O)CC(O)C(C)=C(C(O)C(=O)[C@]12C)C3(C)C.CS.[Ac].[Ac]. The van der Waals surface area contributed by atoms with Crippen molar-refractivity contribution in [2.75, 3.05) is 20.0 Å². The fourth-order valence-electron chi connectivity index (χ4n) is 7.67. The van der Waals surface area contributed by atoms with Crippen molar-refractivity contribution in [3.05, 3.63) is 11.1 Å². The molecule has 0 amide bonds. The number of rotatable bonds is 1. The van der Waals surface area contributed by atoms with Crippen LogP contribution in [0.1, 0.15) is 54.4 Å². The average molecular weight is 927 g/mol. The second-order valence-electron chi connectivity index (χ2n) is 10.9. The Bertz CT molecular complexity index is 838. The number of Topliss-reactive ketones (excluding diaryl/α,β-unsaturated/α-hetero) is 1. The first-order valence-corrected chi connectivity index (χ1v) is 12.2. The van der Waals surface area contributed by atoms with Crippen molar-refractivity contribution in [2.45, 2.75) is 90.0 Å². The van der Waals surface area contributed by atoms with Crippen LogP contribution in [0, 0.1) is 110 Å². The number of carbonyl (C=O) groups excluding carboxylic acids is 1. The largest absolute Gasteiger partial charge is 0.389 e. The molecular weight excluding hydrogens is 886 g/mol. The van der Waals surface area contributed by atoms with E-state index in [1.54, 1.807) is 20.1 Å². The maximum atomic E-state index is 14.1. The summed E-state index contributed by atoms with van der Waals surface area (Å²) in [7, 11) is 1.52. The molecule has 3 fully saturated rings. The van der Waals surface area contributed by atoms with Crippen molar-refractivity contribution in [1.82, 2.24) is 0 Å². The zero-order valence-electron chi connectivity index (χ0n) is 21.6. The maximum Gasteiger partial charge on any atom is 0.174 e. The molecule has 1 heterocycles. The van der Waals surface area contributed by atoms with Crippen LogP contribution in [0.5, 0.6) is 0 Å². The summed E-state index contributed by atoms with van der Waals surface area (Å²) in [5, 5.41) is 46.3. The van der Waals surface area contributed by atoms with Gasteiger partial charge in [-0.15, -0.1) is 0 Å². The molecule has 10 heteroatoms. The Morgan fingerprint density at radius 2 is 1.59 bits per heavy atom. The van der Waals surface area contributed by atoms with Gasteiger partial charge in [0.25, 0.3) is 0 Å². The number of methoxy groups -OCH3 is 1. The van der Waals surface area contributed by atoms with Gasteiger partial charge in [0.15, 0.2) is 5.78 Å². The summed E-state index contributed by atoms with van der Waals surface area (Å²) in [6.45, 7) is 10.8. The zero-order valence-corrected chi connectivity index (χ0v) is 32.0. The van der Waals surface area contributed by atoms with Crippen LogP contribution in [0.3, 0.4) is 0 Å². The Balaban J connectivity index is 0.00000141. The van der Waals surface area contributed by atoms with E-state index in [2.05, 4.69) is 12.6 Å². The molecule has 0 spiro atoms. The van der Waals surface area contributed by atoms with Crippen molar-refractivity contribution in [3.63, 3.8) is 0 Å². The van der Waals surface area contributed by atoms with E-state index < -0.39 is 63.6 Å². The van der Waals surface area contributed by atoms with Gasteiger partial charge in [0.2, 0.25) is 0 Å². The van der Waals surface area contributed by atoms with Gasteiger partial charge in [-0.25, -0.2) is 0 Å². The summed E-state index contributed by atoms with van der Waals surface area (Å²) >= 11 is 3.53. The molecule has 34 heavy (non-hydrogen) atoms. The minimum absolute atomic E-state index is 0. The molecule has 190 valence electrons. The molecule has 4 aliphatic rings. The van der Waals surface area contributed by atoms with E-state index in [9.17, 15) is 25.2 Å². The number of ether oxygens (including phenoxy) is 2. The number of carbonyl (C=O) groups is 1. The summed E-state index contributed by atoms with van der Waals surface area (Å²) < 4.78 is 11.5.